The third-order valence-corrected chi connectivity index (χ3v) is 4.04. The zero-order chi connectivity index (χ0) is 9.14. The summed E-state index contributed by atoms with van der Waals surface area (Å²) >= 11 is 6.28. The molecule has 0 aromatic rings. The van der Waals surface area contributed by atoms with Crippen LogP contribution in [0.5, 0.6) is 0 Å². The highest BCUT2D eigenvalue weighted by Crippen LogP contribution is 2.26. The fourth-order valence-electron chi connectivity index (χ4n) is 1.18. The van der Waals surface area contributed by atoms with E-state index in [1.807, 2.05) is 11.8 Å². The average Bonchev–Trinajstić information content (AvgIpc) is 2.04. The molecule has 1 heterocycles. The fraction of sp³-hybridized carbons (Fsp3) is 0.778. The molecule has 12 heavy (non-hydrogen) atoms. The molecule has 1 aliphatic rings. The van der Waals surface area contributed by atoms with E-state index in [4.69, 9.17) is 0 Å². The molecule has 0 fully saturated rings. The third-order valence-electron chi connectivity index (χ3n) is 2.12. The molecule has 1 atom stereocenters. The Labute approximate surface area is 84.8 Å². The van der Waals surface area contributed by atoms with E-state index in [0.29, 0.717) is 11.3 Å². The molecule has 0 saturated heterocycles. The van der Waals surface area contributed by atoms with Crippen LogP contribution in [0.3, 0.4) is 0 Å². The van der Waals surface area contributed by atoms with Gasteiger partial charge in [-0.1, -0.05) is 13.8 Å². The smallest absolute Gasteiger partial charge is 0.0745 e. The lowest BCUT2D eigenvalue weighted by molar-refractivity contribution is 0.548. The minimum atomic E-state index is 0.591. The molecule has 0 aromatic heterocycles. The van der Waals surface area contributed by atoms with Gasteiger partial charge in [-0.2, -0.15) is 12.6 Å². The molecule has 0 bridgehead atoms. The molecule has 0 aliphatic carbocycles. The van der Waals surface area contributed by atoms with Crippen molar-refractivity contribution >= 4 is 24.4 Å². The molecule has 0 aromatic carbocycles. The van der Waals surface area contributed by atoms with Gasteiger partial charge < -0.3 is 5.32 Å². The van der Waals surface area contributed by atoms with E-state index in [1.165, 1.54) is 11.3 Å². The van der Waals surface area contributed by atoms with Crippen molar-refractivity contribution in [2.45, 2.75) is 26.1 Å². The highest BCUT2D eigenvalue weighted by molar-refractivity contribution is 8.00. The van der Waals surface area contributed by atoms with Crippen molar-refractivity contribution in [3.8, 4) is 0 Å². The van der Waals surface area contributed by atoms with Crippen molar-refractivity contribution in [1.29, 1.82) is 0 Å². The average molecular weight is 203 g/mol. The summed E-state index contributed by atoms with van der Waals surface area (Å²) in [5.41, 5.74) is 2.78. The van der Waals surface area contributed by atoms with Gasteiger partial charge >= 0.3 is 0 Å². The van der Waals surface area contributed by atoms with Gasteiger partial charge in [0.15, 0.2) is 0 Å². The molecule has 1 N–H and O–H groups in total. The lowest BCUT2D eigenvalue weighted by atomic mass is 10.2. The van der Waals surface area contributed by atoms with E-state index in [-0.39, 0.29) is 0 Å². The van der Waals surface area contributed by atoms with E-state index in [9.17, 15) is 0 Å². The Balaban J connectivity index is 2.59. The first-order valence-corrected chi connectivity index (χ1v) is 6.01. The molecule has 0 saturated carbocycles. The van der Waals surface area contributed by atoms with Crippen LogP contribution in [0.1, 0.15) is 20.8 Å². The Morgan fingerprint density at radius 2 is 2.33 bits per heavy atom. The Kier molecular flexibility index (Phi) is 3.84. The van der Waals surface area contributed by atoms with Crippen molar-refractivity contribution in [1.82, 2.24) is 5.32 Å². The van der Waals surface area contributed by atoms with Crippen molar-refractivity contribution in [2.24, 2.45) is 5.92 Å². The van der Waals surface area contributed by atoms with Gasteiger partial charge in [-0.05, 0) is 18.4 Å². The molecule has 70 valence electrons. The van der Waals surface area contributed by atoms with Gasteiger partial charge in [0.05, 0.1) is 5.37 Å². The summed E-state index contributed by atoms with van der Waals surface area (Å²) in [6.07, 6.45) is 0. The predicted octanol–water partition coefficient (Wildman–Crippen LogP) is 2.51. The number of hydrogen-bond donors (Lipinski definition) is 2. The van der Waals surface area contributed by atoms with Crippen LogP contribution in [0.2, 0.25) is 0 Å². The summed E-state index contributed by atoms with van der Waals surface area (Å²) in [6, 6.07) is 0. The molecule has 0 amide bonds. The molecule has 0 radical (unpaired) electrons. The van der Waals surface area contributed by atoms with Gasteiger partial charge in [-0.3, -0.25) is 0 Å². The maximum Gasteiger partial charge on any atom is 0.0745 e. The number of rotatable bonds is 2. The normalized spacial score (nSPS) is 24.6. The number of thiol groups is 1. The van der Waals surface area contributed by atoms with Crippen molar-refractivity contribution in [3.63, 3.8) is 0 Å². The summed E-state index contributed by atoms with van der Waals surface area (Å²) < 4.78 is 0. The topological polar surface area (TPSA) is 12.0 Å². The van der Waals surface area contributed by atoms with Gasteiger partial charge in [0.2, 0.25) is 0 Å². The summed E-state index contributed by atoms with van der Waals surface area (Å²) in [7, 11) is 0. The Hall–Kier alpha value is 0.240. The SMILES string of the molecule is CC1=C(CS)CSC(C(C)C)N1. The highest BCUT2D eigenvalue weighted by atomic mass is 32.2. The zero-order valence-electron chi connectivity index (χ0n) is 7.92. The summed E-state index contributed by atoms with van der Waals surface area (Å²) in [6.45, 7) is 6.66. The van der Waals surface area contributed by atoms with Crippen molar-refractivity contribution < 1.29 is 0 Å². The largest absolute Gasteiger partial charge is 0.377 e. The van der Waals surface area contributed by atoms with E-state index in [0.717, 1.165) is 11.5 Å². The van der Waals surface area contributed by atoms with Crippen LogP contribution in [0.4, 0.5) is 0 Å². The maximum atomic E-state index is 4.29. The second-order valence-corrected chi connectivity index (χ2v) is 4.95. The van der Waals surface area contributed by atoms with Crippen molar-refractivity contribution in [3.05, 3.63) is 11.3 Å². The van der Waals surface area contributed by atoms with Crippen molar-refractivity contribution in [2.75, 3.05) is 11.5 Å². The number of nitrogens with one attached hydrogen (secondary N) is 1. The van der Waals surface area contributed by atoms with Gasteiger partial charge in [0.1, 0.15) is 0 Å². The van der Waals surface area contributed by atoms with Crippen LogP contribution in [0, 0.1) is 5.92 Å². The standard InChI is InChI=1S/C9H17NS2/c1-6(2)9-10-7(3)8(4-11)5-12-9/h6,9-11H,4-5H2,1-3H3. The van der Waals surface area contributed by atoms with Crippen LogP contribution < -0.4 is 5.32 Å². The van der Waals surface area contributed by atoms with Crippen LogP contribution in [0.15, 0.2) is 11.3 Å². The lowest BCUT2D eigenvalue weighted by Crippen LogP contribution is -2.34. The van der Waals surface area contributed by atoms with E-state index in [2.05, 4.69) is 38.7 Å². The van der Waals surface area contributed by atoms with Gasteiger partial charge in [0, 0.05) is 17.2 Å². The van der Waals surface area contributed by atoms with Gasteiger partial charge in [0.25, 0.3) is 0 Å². The minimum Gasteiger partial charge on any atom is -0.377 e. The molecule has 1 aliphatic heterocycles. The van der Waals surface area contributed by atoms with Crippen LogP contribution >= 0.6 is 24.4 Å². The summed E-state index contributed by atoms with van der Waals surface area (Å²) in [5.74, 6) is 2.73. The van der Waals surface area contributed by atoms with Crippen LogP contribution in [0.25, 0.3) is 0 Å². The number of allylic oxidation sites excluding steroid dienone is 1. The fourth-order valence-corrected chi connectivity index (χ4v) is 3.02. The predicted molar refractivity (Wildman–Crippen MR) is 60.8 cm³/mol. The Bertz CT molecular complexity index is 187. The second kappa shape index (κ2) is 4.47. The number of hydrogen-bond acceptors (Lipinski definition) is 3. The monoisotopic (exact) mass is 203 g/mol. The number of thioether (sulfide) groups is 1. The minimum absolute atomic E-state index is 0.591. The Morgan fingerprint density at radius 3 is 2.75 bits per heavy atom. The quantitative estimate of drug-likeness (QED) is 0.669. The molecular weight excluding hydrogens is 186 g/mol. The van der Waals surface area contributed by atoms with Crippen LogP contribution in [-0.2, 0) is 0 Å². The first-order chi connectivity index (χ1) is 5.65. The highest BCUT2D eigenvalue weighted by Gasteiger charge is 2.19. The van der Waals surface area contributed by atoms with E-state index < -0.39 is 0 Å². The lowest BCUT2D eigenvalue weighted by Gasteiger charge is -2.29. The molecular formula is C9H17NS2. The molecule has 0 spiro atoms. The molecule has 1 unspecified atom stereocenters. The summed E-state index contributed by atoms with van der Waals surface area (Å²) in [4.78, 5) is 0. The van der Waals surface area contributed by atoms with Gasteiger partial charge in [-0.25, -0.2) is 0 Å². The molecule has 3 heteroatoms. The van der Waals surface area contributed by atoms with E-state index in [1.54, 1.807) is 0 Å². The second-order valence-electron chi connectivity index (χ2n) is 3.51. The van der Waals surface area contributed by atoms with Gasteiger partial charge in [-0.15, -0.1) is 11.8 Å². The van der Waals surface area contributed by atoms with E-state index >= 15 is 0 Å². The Morgan fingerprint density at radius 1 is 1.67 bits per heavy atom. The van der Waals surface area contributed by atoms with Crippen LogP contribution in [-0.4, -0.2) is 16.9 Å². The third kappa shape index (κ3) is 2.36. The zero-order valence-corrected chi connectivity index (χ0v) is 9.64. The summed E-state index contributed by atoms with van der Waals surface area (Å²) in [5, 5.41) is 4.10. The molecule has 1 nitrogen and oxygen atoms in total. The first-order valence-electron chi connectivity index (χ1n) is 4.32. The first kappa shape index (κ1) is 10.3. The maximum absolute atomic E-state index is 4.29. The molecule has 1 rings (SSSR count).